The molecular weight excluding hydrogens is 750 g/mol. The van der Waals surface area contributed by atoms with E-state index < -0.39 is 92.5 Å². The molecule has 55 heavy (non-hydrogen) atoms. The van der Waals surface area contributed by atoms with Crippen LogP contribution in [0.1, 0.15) is 54.9 Å². The third-order valence-electron chi connectivity index (χ3n) is 7.53. The van der Waals surface area contributed by atoms with E-state index in [1.165, 1.54) is 25.1 Å². The second kappa shape index (κ2) is 20.1. The summed E-state index contributed by atoms with van der Waals surface area (Å²) in [5, 5.41) is 31.4. The minimum atomic E-state index is -4.73. The summed E-state index contributed by atoms with van der Waals surface area (Å²) in [6, 6.07) is 7.66. The van der Waals surface area contributed by atoms with E-state index in [-0.39, 0.29) is 43.1 Å². The number of nitrogens with zero attached hydrogens (tertiary/aromatic N) is 3. The highest BCUT2D eigenvalue weighted by Gasteiger charge is 2.27. The first kappa shape index (κ1) is 42.9. The first-order valence-electron chi connectivity index (χ1n) is 16.4. The van der Waals surface area contributed by atoms with Crippen LogP contribution in [0.5, 0.6) is 5.75 Å². The molecule has 3 rings (SSSR count). The predicted octanol–water partition coefficient (Wildman–Crippen LogP) is 0.515. The third-order valence-corrected chi connectivity index (χ3v) is 8.28. The van der Waals surface area contributed by atoms with Gasteiger partial charge in [0.1, 0.15) is 23.1 Å². The number of carbonyl (C=O) groups excluding carboxylic acids is 6. The number of hydrogen-bond acceptors (Lipinski definition) is 13. The topological polar surface area (TPSA) is 310 Å². The lowest BCUT2D eigenvalue weighted by Crippen LogP contribution is -2.50. The van der Waals surface area contributed by atoms with Crippen LogP contribution in [-0.4, -0.2) is 107 Å². The average Bonchev–Trinajstić information content (AvgIpc) is 3.44. The van der Waals surface area contributed by atoms with Crippen molar-refractivity contribution < 1.29 is 61.3 Å². The van der Waals surface area contributed by atoms with Crippen molar-refractivity contribution in [2.75, 3.05) is 30.8 Å². The maximum atomic E-state index is 12.8. The van der Waals surface area contributed by atoms with Crippen LogP contribution < -0.4 is 26.1 Å². The van der Waals surface area contributed by atoms with Gasteiger partial charge in [0, 0.05) is 55.4 Å². The van der Waals surface area contributed by atoms with Gasteiger partial charge in [-0.1, -0.05) is 18.6 Å². The molecule has 1 aliphatic rings. The van der Waals surface area contributed by atoms with E-state index in [1.54, 1.807) is 12.1 Å². The quantitative estimate of drug-likeness (QED) is 0.0251. The first-order chi connectivity index (χ1) is 25.9. The number of imide groups is 1. The molecule has 0 aromatic heterocycles. The van der Waals surface area contributed by atoms with Crippen LogP contribution >= 0.6 is 0 Å². The average molecular weight is 788 g/mol. The van der Waals surface area contributed by atoms with Crippen LogP contribution in [0.15, 0.2) is 59.7 Å². The Morgan fingerprint density at radius 1 is 0.982 bits per heavy atom. The minimum absolute atomic E-state index is 0.0794. The van der Waals surface area contributed by atoms with Gasteiger partial charge in [0.05, 0.1) is 10.6 Å². The number of carboxylic acids is 1. The van der Waals surface area contributed by atoms with Crippen LogP contribution in [0.2, 0.25) is 0 Å². The zero-order valence-corrected chi connectivity index (χ0v) is 30.0. The smallest absolute Gasteiger partial charge is 0.341 e. The van der Waals surface area contributed by atoms with E-state index in [1.807, 2.05) is 0 Å². The van der Waals surface area contributed by atoms with Gasteiger partial charge in [-0.15, -0.1) is 0 Å². The zero-order valence-electron chi connectivity index (χ0n) is 29.2. The molecule has 6 N–H and O–H groups in total. The summed E-state index contributed by atoms with van der Waals surface area (Å²) >= 11 is 0. The monoisotopic (exact) mass is 787 g/mol. The summed E-state index contributed by atoms with van der Waals surface area (Å²) in [4.78, 5) is 96.3. The highest BCUT2D eigenvalue weighted by Crippen LogP contribution is 2.24. The van der Waals surface area contributed by atoms with E-state index in [9.17, 15) is 56.6 Å². The normalized spacial score (nSPS) is 13.2. The fraction of sp³-hybridized carbons (Fsp3) is 0.333. The Balaban J connectivity index is 1.51. The summed E-state index contributed by atoms with van der Waals surface area (Å²) < 4.78 is 37.4. The summed E-state index contributed by atoms with van der Waals surface area (Å²) in [5.74, 6) is -6.43. The largest absolute Gasteiger partial charge is 0.482 e. The van der Waals surface area contributed by atoms with Gasteiger partial charge in [-0.3, -0.25) is 48.3 Å². The molecule has 21 nitrogen and oxygen atoms in total. The number of nitro benzene ring substituents is 1. The molecule has 294 valence electrons. The number of aliphatic carboxylic acids is 1. The zero-order chi connectivity index (χ0) is 40.7. The van der Waals surface area contributed by atoms with E-state index in [0.717, 1.165) is 29.2 Å². The standard InChI is InChI=1S/C33H37N7O14S/c1-20(21-6-5-7-23(16-21)54-18-31(45)46)37-38-32(47)24-10-9-22(17-26(24)40(49)50)35-28(42)13-14-34-33(48)25(19-55(51,52)53)36-27(41)8-3-2-4-15-39-29(43)11-12-30(39)44/h5-7,9-12,16-17,25H,2-4,8,13-15,18-19H2,1H3,(H,34,48)(H,35,42)(H,36,41)(H,38,47)(H,45,46)(H,51,52,53)/b37-20+/t25-/m0/s1. The number of anilines is 1. The Morgan fingerprint density at radius 3 is 2.35 bits per heavy atom. The Morgan fingerprint density at radius 2 is 1.69 bits per heavy atom. The molecule has 1 atom stereocenters. The molecule has 0 saturated carbocycles. The number of amides is 6. The van der Waals surface area contributed by atoms with Crippen molar-refractivity contribution in [3.05, 3.63) is 75.9 Å². The summed E-state index contributed by atoms with van der Waals surface area (Å²) in [6.45, 7) is 0.719. The number of carboxylic acid groups (broad SMARTS) is 1. The van der Waals surface area contributed by atoms with Crippen molar-refractivity contribution in [3.8, 4) is 5.75 Å². The molecule has 2 aromatic rings. The van der Waals surface area contributed by atoms with Gasteiger partial charge in [-0.05, 0) is 44.0 Å². The summed E-state index contributed by atoms with van der Waals surface area (Å²) in [7, 11) is -4.73. The predicted molar refractivity (Wildman–Crippen MR) is 191 cm³/mol. The molecule has 0 aliphatic carbocycles. The lowest BCUT2D eigenvalue weighted by atomic mass is 10.1. The minimum Gasteiger partial charge on any atom is -0.482 e. The van der Waals surface area contributed by atoms with E-state index in [2.05, 4.69) is 26.5 Å². The Bertz CT molecular complexity index is 2000. The second-order valence-corrected chi connectivity index (χ2v) is 13.3. The molecule has 0 spiro atoms. The van der Waals surface area contributed by atoms with Crippen molar-refractivity contribution in [2.45, 2.75) is 45.1 Å². The fourth-order valence-electron chi connectivity index (χ4n) is 4.86. The summed E-state index contributed by atoms with van der Waals surface area (Å²) in [5.41, 5.74) is 1.76. The number of benzene rings is 2. The van der Waals surface area contributed by atoms with E-state index in [0.29, 0.717) is 18.4 Å². The highest BCUT2D eigenvalue weighted by molar-refractivity contribution is 7.85. The second-order valence-electron chi connectivity index (χ2n) is 11.8. The van der Waals surface area contributed by atoms with Gasteiger partial charge in [0.25, 0.3) is 33.5 Å². The van der Waals surface area contributed by atoms with Crippen molar-refractivity contribution in [1.29, 1.82) is 0 Å². The third kappa shape index (κ3) is 14.4. The van der Waals surface area contributed by atoms with Gasteiger partial charge < -0.3 is 25.8 Å². The lowest BCUT2D eigenvalue weighted by Gasteiger charge is -2.17. The molecule has 0 unspecified atom stereocenters. The van der Waals surface area contributed by atoms with Crippen LogP contribution in [0, 0.1) is 10.1 Å². The van der Waals surface area contributed by atoms with Crippen molar-refractivity contribution in [2.24, 2.45) is 5.10 Å². The van der Waals surface area contributed by atoms with Crippen LogP contribution in [0.4, 0.5) is 11.4 Å². The van der Waals surface area contributed by atoms with Crippen molar-refractivity contribution in [3.63, 3.8) is 0 Å². The van der Waals surface area contributed by atoms with Crippen LogP contribution in [-0.2, 0) is 38.9 Å². The van der Waals surface area contributed by atoms with Crippen LogP contribution in [0.25, 0.3) is 0 Å². The van der Waals surface area contributed by atoms with Gasteiger partial charge in [-0.2, -0.15) is 13.5 Å². The van der Waals surface area contributed by atoms with Gasteiger partial charge >= 0.3 is 5.97 Å². The molecule has 0 radical (unpaired) electrons. The molecule has 1 aliphatic heterocycles. The molecule has 2 aromatic carbocycles. The number of carbonyl (C=O) groups is 7. The molecule has 1 heterocycles. The lowest BCUT2D eigenvalue weighted by molar-refractivity contribution is -0.385. The highest BCUT2D eigenvalue weighted by atomic mass is 32.2. The molecular formula is C33H37N7O14S. The number of hydrogen-bond donors (Lipinski definition) is 6. The number of hydrazone groups is 1. The number of unbranched alkanes of at least 4 members (excludes halogenated alkanes) is 2. The number of rotatable bonds is 21. The Hall–Kier alpha value is -6.55. The molecule has 0 bridgehead atoms. The van der Waals surface area contributed by atoms with Crippen LogP contribution in [0.3, 0.4) is 0 Å². The van der Waals surface area contributed by atoms with Crippen molar-refractivity contribution >= 4 is 68.6 Å². The number of ether oxygens (including phenoxy) is 1. The Labute approximate surface area is 313 Å². The van der Waals surface area contributed by atoms with Gasteiger partial charge in [0.15, 0.2) is 6.61 Å². The molecule has 0 saturated heterocycles. The maximum Gasteiger partial charge on any atom is 0.341 e. The van der Waals surface area contributed by atoms with Crippen molar-refractivity contribution in [1.82, 2.24) is 21.0 Å². The number of nitro groups is 1. The molecule has 22 heteroatoms. The number of nitrogens with one attached hydrogen (secondary N) is 4. The van der Waals surface area contributed by atoms with E-state index >= 15 is 0 Å². The van der Waals surface area contributed by atoms with E-state index in [4.69, 9.17) is 9.84 Å². The SMILES string of the molecule is C/C(=N\NC(=O)c1ccc(NC(=O)CCNC(=O)[C@H](CS(=O)(=O)O)NC(=O)CCCCCN2C(=O)C=CC2=O)cc1[N+](=O)[O-])c1cccc(OCC(=O)O)c1. The molecule has 0 fully saturated rings. The first-order valence-corrected chi connectivity index (χ1v) is 18.0. The maximum absolute atomic E-state index is 12.8. The summed E-state index contributed by atoms with van der Waals surface area (Å²) in [6.07, 6.45) is 2.84. The fourth-order valence-corrected chi connectivity index (χ4v) is 5.51. The Kier molecular flexibility index (Phi) is 15.6. The van der Waals surface area contributed by atoms with Gasteiger partial charge in [0.2, 0.25) is 17.7 Å². The molecule has 6 amide bonds. The van der Waals surface area contributed by atoms with Gasteiger partial charge in [-0.25, -0.2) is 10.2 Å².